The summed E-state index contributed by atoms with van der Waals surface area (Å²) in [6.07, 6.45) is 5.96. The summed E-state index contributed by atoms with van der Waals surface area (Å²) in [5.41, 5.74) is 22.4. The Hall–Kier alpha value is -4.93. The summed E-state index contributed by atoms with van der Waals surface area (Å²) in [6.45, 7) is 30.4. The minimum absolute atomic E-state index is 0. The molecule has 2 aliphatic rings. The third-order valence-electron chi connectivity index (χ3n) is 15.0. The molecular formula is C61H61LiO2S2Si2. The van der Waals surface area contributed by atoms with Crippen LogP contribution in [0, 0.1) is 35.3 Å². The molecule has 68 heavy (non-hydrogen) atoms. The molecule has 8 aromatic rings. The van der Waals surface area contributed by atoms with Crippen LogP contribution in [0.3, 0.4) is 0 Å². The molecule has 0 fully saturated rings. The average molecular weight is 953 g/mol. The number of rotatable bonds is 6. The first-order valence-electron chi connectivity index (χ1n) is 23.9. The van der Waals surface area contributed by atoms with Crippen LogP contribution in [0.1, 0.15) is 101 Å². The van der Waals surface area contributed by atoms with Crippen LogP contribution >= 0.6 is 22.7 Å². The molecule has 0 aliphatic heterocycles. The maximum atomic E-state index is 12.5. The van der Waals surface area contributed by atoms with Crippen molar-refractivity contribution in [2.24, 2.45) is 0 Å². The van der Waals surface area contributed by atoms with Crippen molar-refractivity contribution in [1.82, 2.24) is 0 Å². The molecular weight excluding hydrogens is 892 g/mol. The SMILES string of the molecule is CC(C)[Si](C#CC1=c2sc3c(c2-c2ccccc21)-c1ccccc1C=3C#C[Si](C(C)C)(C(C)C)C(C)C)(C(C)C)C(C)C.O=c1c2ccccc2c2c1sc1c(=O)c3ccccc3c12.[C-]#CC.[Li+]. The van der Waals surface area contributed by atoms with Crippen molar-refractivity contribution in [2.75, 3.05) is 0 Å². The minimum atomic E-state index is -1.88. The zero-order valence-corrected chi connectivity index (χ0v) is 46.0. The molecule has 0 bridgehead atoms. The van der Waals surface area contributed by atoms with Gasteiger partial charge in [0.15, 0.2) is 0 Å². The standard InChI is InChI=1S/C40H50SSi2.C18H8O2S.C3H3.Li/c1-25(2)42(26(3)4,27(5)6)23-21-35-31-17-13-15-19-33(31)37-38-34-20-16-14-18-32(34)36(40(38)41-39(35)37)22-24-43(28(7)8,29(9)10)30(11)12;19-15-11-7-3-1-5-9(11)13-14-10-6-2-4-8-12(10)16(20)18(14)21-17(13)15;1-3-2;/h13-20,25-30H,1-12H3;1-8H;1H3;/q;;-1;+1. The van der Waals surface area contributed by atoms with Crippen molar-refractivity contribution >= 4 is 91.7 Å². The topological polar surface area (TPSA) is 34.1 Å². The van der Waals surface area contributed by atoms with Gasteiger partial charge in [0.05, 0.1) is 18.5 Å². The Morgan fingerprint density at radius 1 is 0.441 bits per heavy atom. The summed E-state index contributed by atoms with van der Waals surface area (Å²) < 4.78 is 4.13. The van der Waals surface area contributed by atoms with E-state index in [1.165, 1.54) is 64.9 Å². The number of benzene rings is 4. The second-order valence-electron chi connectivity index (χ2n) is 20.2. The van der Waals surface area contributed by atoms with Gasteiger partial charge in [0, 0.05) is 43.8 Å². The molecule has 0 N–H and O–H groups in total. The van der Waals surface area contributed by atoms with Crippen molar-refractivity contribution in [2.45, 2.75) is 123 Å². The first-order valence-corrected chi connectivity index (χ1v) is 30.0. The number of thiophene rings is 2. The van der Waals surface area contributed by atoms with E-state index in [2.05, 4.69) is 155 Å². The van der Waals surface area contributed by atoms with Crippen LogP contribution < -0.4 is 38.8 Å². The number of fused-ring (bicyclic) bond motifs is 14. The van der Waals surface area contributed by atoms with E-state index in [1.54, 1.807) is 6.92 Å². The second kappa shape index (κ2) is 19.8. The molecule has 0 radical (unpaired) electrons. The Labute approximate surface area is 425 Å². The molecule has 2 heterocycles. The number of hydrogen-bond donors (Lipinski definition) is 0. The zero-order chi connectivity index (χ0) is 48.3. The van der Waals surface area contributed by atoms with Gasteiger partial charge in [-0.25, -0.2) is 0 Å². The maximum Gasteiger partial charge on any atom is 1.00 e. The third kappa shape index (κ3) is 7.90. The molecule has 0 saturated heterocycles. The smallest absolute Gasteiger partial charge is 0.694 e. The summed E-state index contributed by atoms with van der Waals surface area (Å²) in [6, 6.07) is 33.3. The molecule has 0 atom stereocenters. The van der Waals surface area contributed by atoms with Gasteiger partial charge in [0.2, 0.25) is 10.9 Å². The van der Waals surface area contributed by atoms with Crippen molar-refractivity contribution in [3.63, 3.8) is 0 Å². The summed E-state index contributed by atoms with van der Waals surface area (Å²) >= 11 is 3.29. The van der Waals surface area contributed by atoms with E-state index < -0.39 is 16.1 Å². The summed E-state index contributed by atoms with van der Waals surface area (Å²) in [7, 11) is -3.75. The molecule has 7 heteroatoms. The zero-order valence-electron chi connectivity index (χ0n) is 42.3. The van der Waals surface area contributed by atoms with Crippen LogP contribution in [0.5, 0.6) is 0 Å². The molecule has 10 rings (SSSR count). The van der Waals surface area contributed by atoms with Crippen LogP contribution in [0.2, 0.25) is 33.2 Å². The van der Waals surface area contributed by atoms with Crippen LogP contribution in [0.4, 0.5) is 0 Å². The average Bonchev–Trinajstić information content (AvgIpc) is 4.11. The minimum Gasteiger partial charge on any atom is -0.694 e. The van der Waals surface area contributed by atoms with Gasteiger partial charge in [-0.15, -0.1) is 33.8 Å². The van der Waals surface area contributed by atoms with Gasteiger partial charge >= 0.3 is 18.9 Å². The Balaban J connectivity index is 0.000000226. The van der Waals surface area contributed by atoms with E-state index in [1.807, 2.05) is 65.8 Å². The fourth-order valence-corrected chi connectivity index (χ4v) is 25.2. The van der Waals surface area contributed by atoms with Crippen molar-refractivity contribution < 1.29 is 18.9 Å². The molecule has 6 aromatic carbocycles. The second-order valence-corrected chi connectivity index (χ2v) is 33.4. The third-order valence-corrected chi connectivity index (χ3v) is 30.0. The van der Waals surface area contributed by atoms with Gasteiger partial charge in [-0.05, 0) is 73.2 Å². The summed E-state index contributed by atoms with van der Waals surface area (Å²) in [5.74, 6) is 9.82. The van der Waals surface area contributed by atoms with Gasteiger partial charge in [0.1, 0.15) is 16.1 Å². The first kappa shape index (κ1) is 50.9. The van der Waals surface area contributed by atoms with E-state index >= 15 is 0 Å². The van der Waals surface area contributed by atoms with E-state index in [0.29, 0.717) is 42.6 Å². The monoisotopic (exact) mass is 952 g/mol. The van der Waals surface area contributed by atoms with Gasteiger partial charge in [0.25, 0.3) is 0 Å². The molecule has 2 aliphatic carbocycles. The Morgan fingerprint density at radius 3 is 1.03 bits per heavy atom. The maximum absolute atomic E-state index is 12.5. The fourth-order valence-electron chi connectivity index (χ4n) is 12.1. The predicted molar refractivity (Wildman–Crippen MR) is 299 cm³/mol. The molecule has 338 valence electrons. The number of hydrogen-bond acceptors (Lipinski definition) is 4. The van der Waals surface area contributed by atoms with Gasteiger partial charge in [-0.2, -0.15) is 0 Å². The summed E-state index contributed by atoms with van der Waals surface area (Å²) in [4.78, 5) is 25.0. The van der Waals surface area contributed by atoms with E-state index in [9.17, 15) is 9.59 Å². The molecule has 0 spiro atoms. The van der Waals surface area contributed by atoms with Crippen LogP contribution in [0.15, 0.2) is 107 Å². The molecule has 0 amide bonds. The normalized spacial score (nSPS) is 12.7. The Kier molecular flexibility index (Phi) is 14.8. The van der Waals surface area contributed by atoms with E-state index in [4.69, 9.17) is 6.42 Å². The van der Waals surface area contributed by atoms with Crippen LogP contribution in [0.25, 0.3) is 75.1 Å². The Bertz CT molecular complexity index is 3380. The van der Waals surface area contributed by atoms with Gasteiger partial charge < -0.3 is 12.3 Å². The quantitative estimate of drug-likeness (QED) is 0.0945. The predicted octanol–water partition coefficient (Wildman–Crippen LogP) is 12.1. The van der Waals surface area contributed by atoms with Crippen molar-refractivity contribution in [3.8, 4) is 51.1 Å². The van der Waals surface area contributed by atoms with Gasteiger partial charge in [-0.1, -0.05) is 192 Å². The first-order chi connectivity index (χ1) is 32.0. The van der Waals surface area contributed by atoms with E-state index in [-0.39, 0.29) is 29.7 Å². The van der Waals surface area contributed by atoms with E-state index in [0.717, 1.165) is 32.3 Å². The summed E-state index contributed by atoms with van der Waals surface area (Å²) in [5, 5.41) is 5.32. The van der Waals surface area contributed by atoms with Crippen LogP contribution in [-0.4, -0.2) is 16.1 Å². The molecule has 2 nitrogen and oxygen atoms in total. The van der Waals surface area contributed by atoms with Crippen molar-refractivity contribution in [3.05, 3.63) is 144 Å². The van der Waals surface area contributed by atoms with Gasteiger partial charge in [-0.3, -0.25) is 9.59 Å². The molecule has 0 unspecified atom stereocenters. The molecule has 0 saturated carbocycles. The Morgan fingerprint density at radius 2 is 0.721 bits per heavy atom. The fraction of sp³-hybridized carbons (Fsp3) is 0.311. The molecule has 2 aromatic heterocycles. The largest absolute Gasteiger partial charge is 1.00 e. The van der Waals surface area contributed by atoms with Crippen LogP contribution in [-0.2, 0) is 0 Å². The van der Waals surface area contributed by atoms with Crippen molar-refractivity contribution in [1.29, 1.82) is 0 Å².